The molecular formula is C18H17N5O. The molecule has 0 amide bonds. The molecular weight excluding hydrogens is 302 g/mol. The molecule has 0 fully saturated rings. The molecule has 4 rings (SSSR count). The lowest BCUT2D eigenvalue weighted by Gasteiger charge is -2.06. The minimum Gasteiger partial charge on any atom is -0.423 e. The van der Waals surface area contributed by atoms with Gasteiger partial charge in [-0.2, -0.15) is 5.10 Å². The van der Waals surface area contributed by atoms with Crippen molar-refractivity contribution in [3.8, 4) is 16.9 Å². The van der Waals surface area contributed by atoms with Crippen LogP contribution >= 0.6 is 0 Å². The molecule has 0 spiro atoms. The summed E-state index contributed by atoms with van der Waals surface area (Å²) in [4.78, 5) is 8.72. The van der Waals surface area contributed by atoms with Gasteiger partial charge in [0.1, 0.15) is 11.3 Å². The van der Waals surface area contributed by atoms with Crippen molar-refractivity contribution in [2.24, 2.45) is 0 Å². The van der Waals surface area contributed by atoms with Crippen LogP contribution in [0.2, 0.25) is 0 Å². The summed E-state index contributed by atoms with van der Waals surface area (Å²) in [6.07, 6.45) is 1.77. The Morgan fingerprint density at radius 3 is 2.67 bits per heavy atom. The van der Waals surface area contributed by atoms with Crippen molar-refractivity contribution in [1.29, 1.82) is 0 Å². The van der Waals surface area contributed by atoms with Crippen molar-refractivity contribution in [3.63, 3.8) is 0 Å². The van der Waals surface area contributed by atoms with Crippen molar-refractivity contribution < 1.29 is 4.42 Å². The Morgan fingerprint density at radius 1 is 1.12 bits per heavy atom. The van der Waals surface area contributed by atoms with Crippen LogP contribution in [0.3, 0.4) is 0 Å². The zero-order valence-electron chi connectivity index (χ0n) is 13.7. The van der Waals surface area contributed by atoms with Gasteiger partial charge in [-0.15, -0.1) is 0 Å². The van der Waals surface area contributed by atoms with Crippen molar-refractivity contribution in [1.82, 2.24) is 19.7 Å². The summed E-state index contributed by atoms with van der Waals surface area (Å²) >= 11 is 0. The Morgan fingerprint density at radius 2 is 1.92 bits per heavy atom. The van der Waals surface area contributed by atoms with Crippen molar-refractivity contribution >= 4 is 17.0 Å². The minimum atomic E-state index is 0.547. The van der Waals surface area contributed by atoms with Crippen LogP contribution in [0.25, 0.3) is 28.2 Å². The highest BCUT2D eigenvalue weighted by Crippen LogP contribution is 2.31. The molecule has 24 heavy (non-hydrogen) atoms. The van der Waals surface area contributed by atoms with Crippen LogP contribution < -0.4 is 5.32 Å². The molecule has 0 atom stereocenters. The molecule has 0 bridgehead atoms. The van der Waals surface area contributed by atoms with E-state index in [1.165, 1.54) is 0 Å². The van der Waals surface area contributed by atoms with Crippen LogP contribution in [0.5, 0.6) is 0 Å². The number of para-hydroxylation sites is 1. The normalized spacial score (nSPS) is 11.1. The molecule has 0 radical (unpaired) electrons. The second-order valence-electron chi connectivity index (χ2n) is 5.60. The van der Waals surface area contributed by atoms with E-state index in [1.54, 1.807) is 6.20 Å². The highest BCUT2D eigenvalue weighted by Gasteiger charge is 2.17. The molecule has 120 valence electrons. The maximum absolute atomic E-state index is 5.45. The largest absolute Gasteiger partial charge is 0.423 e. The molecule has 0 saturated carbocycles. The Labute approximate surface area is 139 Å². The first-order chi connectivity index (χ1) is 11.7. The fraction of sp³-hybridized carbons (Fsp3) is 0.167. The fourth-order valence-corrected chi connectivity index (χ4v) is 2.88. The molecule has 1 N–H and O–H groups in total. The van der Waals surface area contributed by atoms with Gasteiger partial charge in [-0.05, 0) is 25.1 Å². The highest BCUT2D eigenvalue weighted by atomic mass is 16.4. The minimum absolute atomic E-state index is 0.547. The van der Waals surface area contributed by atoms with Crippen molar-refractivity contribution in [3.05, 3.63) is 54.0 Å². The number of benzene rings is 1. The molecule has 4 aromatic rings. The summed E-state index contributed by atoms with van der Waals surface area (Å²) in [5.74, 6) is 1.56. The quantitative estimate of drug-likeness (QED) is 0.623. The summed E-state index contributed by atoms with van der Waals surface area (Å²) in [5.41, 5.74) is 5.14. The number of nitrogens with one attached hydrogen (secondary N) is 1. The van der Waals surface area contributed by atoms with Crippen LogP contribution in [-0.2, 0) is 0 Å². The first kappa shape index (κ1) is 14.4. The zero-order valence-corrected chi connectivity index (χ0v) is 13.7. The molecule has 3 heterocycles. The standard InChI is InChI=1S/C18H17N5O/c1-11-16(13-9-15-18(20-10-13)24-12(2)21-15)22-23(17(11)19-3)14-7-5-4-6-8-14/h4-10,19H,1-3H3. The van der Waals surface area contributed by atoms with Gasteiger partial charge in [-0.1, -0.05) is 18.2 Å². The van der Waals surface area contributed by atoms with E-state index in [0.717, 1.165) is 33.8 Å². The number of aromatic nitrogens is 4. The smallest absolute Gasteiger partial charge is 0.246 e. The number of oxazole rings is 1. The third kappa shape index (κ3) is 2.23. The van der Waals surface area contributed by atoms with Gasteiger partial charge in [0.15, 0.2) is 5.89 Å². The number of nitrogens with zero attached hydrogens (tertiary/aromatic N) is 4. The lowest BCUT2D eigenvalue weighted by atomic mass is 10.1. The van der Waals surface area contributed by atoms with Gasteiger partial charge in [-0.25, -0.2) is 14.6 Å². The highest BCUT2D eigenvalue weighted by molar-refractivity contribution is 5.78. The molecule has 0 unspecified atom stereocenters. The Hall–Kier alpha value is -3.15. The molecule has 6 heteroatoms. The maximum atomic E-state index is 5.45. The molecule has 0 aliphatic carbocycles. The van der Waals surface area contributed by atoms with Crippen LogP contribution in [0.4, 0.5) is 5.82 Å². The molecule has 0 aliphatic heterocycles. The third-order valence-electron chi connectivity index (χ3n) is 3.99. The fourth-order valence-electron chi connectivity index (χ4n) is 2.88. The molecule has 0 aliphatic rings. The van der Waals surface area contributed by atoms with Gasteiger partial charge in [-0.3, -0.25) is 0 Å². The SMILES string of the molecule is CNc1c(C)c(-c2cnc3oc(C)nc3c2)nn1-c1ccccc1. The van der Waals surface area contributed by atoms with Crippen LogP contribution in [0, 0.1) is 13.8 Å². The van der Waals surface area contributed by atoms with Gasteiger partial charge < -0.3 is 9.73 Å². The number of hydrogen-bond donors (Lipinski definition) is 1. The second-order valence-corrected chi connectivity index (χ2v) is 5.60. The average molecular weight is 319 g/mol. The Bertz CT molecular complexity index is 1020. The first-order valence-corrected chi connectivity index (χ1v) is 7.73. The maximum Gasteiger partial charge on any atom is 0.246 e. The molecule has 0 saturated heterocycles. The summed E-state index contributed by atoms with van der Waals surface area (Å²) in [6.45, 7) is 3.86. The summed E-state index contributed by atoms with van der Waals surface area (Å²) in [6, 6.07) is 12.0. The monoisotopic (exact) mass is 319 g/mol. The van der Waals surface area contributed by atoms with Gasteiger partial charge in [0.05, 0.1) is 11.4 Å². The van der Waals surface area contributed by atoms with Gasteiger partial charge in [0.25, 0.3) is 0 Å². The van der Waals surface area contributed by atoms with Gasteiger partial charge in [0, 0.05) is 31.3 Å². The predicted molar refractivity (Wildman–Crippen MR) is 93.4 cm³/mol. The number of pyridine rings is 1. The first-order valence-electron chi connectivity index (χ1n) is 7.73. The van der Waals surface area contributed by atoms with Gasteiger partial charge in [0.2, 0.25) is 5.71 Å². The van der Waals surface area contributed by atoms with Gasteiger partial charge >= 0.3 is 0 Å². The predicted octanol–water partition coefficient (Wildman–Crippen LogP) is 3.73. The molecule has 1 aromatic carbocycles. The number of rotatable bonds is 3. The van der Waals surface area contributed by atoms with E-state index < -0.39 is 0 Å². The van der Waals surface area contributed by atoms with Crippen molar-refractivity contribution in [2.45, 2.75) is 13.8 Å². The van der Waals surface area contributed by atoms with Crippen molar-refractivity contribution in [2.75, 3.05) is 12.4 Å². The van der Waals surface area contributed by atoms with E-state index in [1.807, 2.05) is 62.0 Å². The van der Waals surface area contributed by atoms with E-state index in [0.29, 0.717) is 11.6 Å². The van der Waals surface area contributed by atoms with E-state index >= 15 is 0 Å². The van der Waals surface area contributed by atoms with E-state index in [2.05, 4.69) is 15.3 Å². The summed E-state index contributed by atoms with van der Waals surface area (Å²) in [5, 5.41) is 8.03. The third-order valence-corrected chi connectivity index (χ3v) is 3.99. The summed E-state index contributed by atoms with van der Waals surface area (Å²) in [7, 11) is 1.90. The molecule has 3 aromatic heterocycles. The van der Waals surface area contributed by atoms with E-state index in [4.69, 9.17) is 9.52 Å². The Balaban J connectivity index is 1.89. The topological polar surface area (TPSA) is 68.8 Å². The number of hydrogen-bond acceptors (Lipinski definition) is 5. The summed E-state index contributed by atoms with van der Waals surface area (Å²) < 4.78 is 7.35. The zero-order chi connectivity index (χ0) is 16.7. The van der Waals surface area contributed by atoms with Crippen LogP contribution in [-0.4, -0.2) is 26.8 Å². The molecule has 6 nitrogen and oxygen atoms in total. The van der Waals surface area contributed by atoms with Crippen LogP contribution in [0.1, 0.15) is 11.5 Å². The number of aryl methyl sites for hydroxylation is 1. The lowest BCUT2D eigenvalue weighted by Crippen LogP contribution is -2.02. The number of fused-ring (bicyclic) bond motifs is 1. The Kier molecular flexibility index (Phi) is 3.30. The van der Waals surface area contributed by atoms with E-state index in [9.17, 15) is 0 Å². The average Bonchev–Trinajstić information content (AvgIpc) is 3.13. The lowest BCUT2D eigenvalue weighted by molar-refractivity contribution is 0.551. The van der Waals surface area contributed by atoms with E-state index in [-0.39, 0.29) is 0 Å². The van der Waals surface area contributed by atoms with Crippen LogP contribution in [0.15, 0.2) is 47.0 Å². The second kappa shape index (κ2) is 5.49. The number of anilines is 1.